The van der Waals surface area contributed by atoms with Crippen molar-refractivity contribution in [2.75, 3.05) is 13.6 Å². The summed E-state index contributed by atoms with van der Waals surface area (Å²) in [4.78, 5) is 40.0. The molecule has 0 unspecified atom stereocenters. The second kappa shape index (κ2) is 10.0. The van der Waals surface area contributed by atoms with Crippen LogP contribution in [0.4, 0.5) is 15.3 Å². The van der Waals surface area contributed by atoms with E-state index in [1.807, 2.05) is 0 Å². The van der Waals surface area contributed by atoms with E-state index in [1.54, 1.807) is 65.6 Å². The molecule has 0 radical (unpaired) electrons. The number of amides is 2. The Morgan fingerprint density at radius 2 is 1.60 bits per heavy atom. The molecule has 30 heavy (non-hydrogen) atoms. The molecule has 1 aromatic rings. The van der Waals surface area contributed by atoms with E-state index in [1.165, 1.54) is 12.1 Å². The lowest BCUT2D eigenvalue weighted by atomic mass is 10.1. The van der Waals surface area contributed by atoms with Gasteiger partial charge in [0.15, 0.2) is 0 Å². The highest BCUT2D eigenvalue weighted by Crippen LogP contribution is 2.13. The van der Waals surface area contributed by atoms with Crippen LogP contribution in [-0.2, 0) is 15.9 Å². The molecule has 1 N–H and O–H groups in total. The quantitative estimate of drug-likeness (QED) is 0.338. The lowest BCUT2D eigenvalue weighted by molar-refractivity contribution is -0.384. The lowest BCUT2D eigenvalue weighted by Gasteiger charge is -2.25. The first-order valence-electron chi connectivity index (χ1n) is 9.42. The largest absolute Gasteiger partial charge is 0.444 e. The number of non-ortho nitro benzene ring substituents is 1. The van der Waals surface area contributed by atoms with E-state index >= 15 is 0 Å². The van der Waals surface area contributed by atoms with Gasteiger partial charge in [0.05, 0.1) is 4.92 Å². The minimum absolute atomic E-state index is 0.00544. The van der Waals surface area contributed by atoms with Crippen molar-refractivity contribution in [2.24, 2.45) is 4.99 Å². The van der Waals surface area contributed by atoms with Gasteiger partial charge in [-0.05, 0) is 53.5 Å². The zero-order valence-corrected chi connectivity index (χ0v) is 18.5. The van der Waals surface area contributed by atoms with Gasteiger partial charge in [0, 0.05) is 25.7 Å². The molecule has 1 aromatic carbocycles. The number of likely N-dealkylation sites (N-methyl/N-ethyl adjacent to an activating group) is 1. The first-order chi connectivity index (χ1) is 13.7. The Bertz CT molecular complexity index is 791. The lowest BCUT2D eigenvalue weighted by Crippen LogP contribution is -2.45. The first kappa shape index (κ1) is 24.9. The summed E-state index contributed by atoms with van der Waals surface area (Å²) in [5.74, 6) is -0.0274. The molecule has 2 amide bonds. The third kappa shape index (κ3) is 9.85. The summed E-state index contributed by atoms with van der Waals surface area (Å²) in [6.07, 6.45) is -1.11. The first-order valence-corrected chi connectivity index (χ1v) is 9.42. The number of benzene rings is 1. The minimum Gasteiger partial charge on any atom is -0.444 e. The van der Waals surface area contributed by atoms with Gasteiger partial charge in [0.25, 0.3) is 5.69 Å². The number of nitro benzene ring substituents is 1. The van der Waals surface area contributed by atoms with Crippen LogP contribution in [0.3, 0.4) is 0 Å². The van der Waals surface area contributed by atoms with Gasteiger partial charge in [-0.3, -0.25) is 15.4 Å². The number of carbonyl (C=O) groups excluding carboxylic acids is 2. The number of guanidine groups is 1. The highest BCUT2D eigenvalue weighted by Gasteiger charge is 2.22. The summed E-state index contributed by atoms with van der Waals surface area (Å²) in [6.45, 7) is 10.6. The van der Waals surface area contributed by atoms with Crippen LogP contribution in [0, 0.1) is 10.1 Å². The highest BCUT2D eigenvalue weighted by atomic mass is 16.6. The van der Waals surface area contributed by atoms with Crippen LogP contribution in [0.2, 0.25) is 0 Å². The molecular formula is C20H30N4O6. The molecule has 0 fully saturated rings. The molecule has 1 rings (SSSR count). The van der Waals surface area contributed by atoms with Gasteiger partial charge in [0.1, 0.15) is 11.2 Å². The van der Waals surface area contributed by atoms with Crippen molar-refractivity contribution >= 4 is 23.8 Å². The third-order valence-electron chi connectivity index (χ3n) is 3.45. The minimum atomic E-state index is -0.851. The number of alkyl carbamates (subject to hydrolysis) is 1. The van der Waals surface area contributed by atoms with Crippen LogP contribution in [-0.4, -0.2) is 52.8 Å². The number of rotatable bonds is 4. The van der Waals surface area contributed by atoms with Crippen molar-refractivity contribution in [2.45, 2.75) is 59.2 Å². The zero-order valence-electron chi connectivity index (χ0n) is 18.5. The number of carbonyl (C=O) groups is 2. The normalized spacial score (nSPS) is 12.2. The summed E-state index contributed by atoms with van der Waals surface area (Å²) in [6, 6.07) is 6.14. The summed E-state index contributed by atoms with van der Waals surface area (Å²) < 4.78 is 10.4. The summed E-state index contributed by atoms with van der Waals surface area (Å²) in [5, 5.41) is 13.2. The molecule has 0 aliphatic heterocycles. The molecule has 10 heteroatoms. The molecule has 166 valence electrons. The Morgan fingerprint density at radius 1 is 1.07 bits per heavy atom. The van der Waals surface area contributed by atoms with Crippen molar-refractivity contribution in [1.82, 2.24) is 10.2 Å². The van der Waals surface area contributed by atoms with Crippen molar-refractivity contribution < 1.29 is 24.0 Å². The Morgan fingerprint density at radius 3 is 2.07 bits per heavy atom. The average molecular weight is 422 g/mol. The number of nitrogens with one attached hydrogen (secondary N) is 1. The van der Waals surface area contributed by atoms with Gasteiger partial charge in [-0.15, -0.1) is 4.99 Å². The van der Waals surface area contributed by atoms with E-state index in [0.717, 1.165) is 5.56 Å². The van der Waals surface area contributed by atoms with Crippen LogP contribution in [0.25, 0.3) is 0 Å². The number of aliphatic imine (C=N–C) groups is 1. The van der Waals surface area contributed by atoms with Gasteiger partial charge in [-0.2, -0.15) is 0 Å². The van der Waals surface area contributed by atoms with Gasteiger partial charge in [-0.1, -0.05) is 12.1 Å². The molecule has 0 aliphatic rings. The maximum absolute atomic E-state index is 12.2. The van der Waals surface area contributed by atoms with E-state index in [2.05, 4.69) is 10.3 Å². The molecule has 0 saturated heterocycles. The van der Waals surface area contributed by atoms with Crippen LogP contribution < -0.4 is 5.32 Å². The van der Waals surface area contributed by atoms with Gasteiger partial charge in [0.2, 0.25) is 5.96 Å². The maximum Gasteiger partial charge on any atom is 0.437 e. The molecule has 0 bridgehead atoms. The number of hydrogen-bond donors (Lipinski definition) is 1. The van der Waals surface area contributed by atoms with Crippen molar-refractivity contribution in [3.8, 4) is 0 Å². The van der Waals surface area contributed by atoms with E-state index in [-0.39, 0.29) is 11.6 Å². The fraction of sp³-hybridized carbons (Fsp3) is 0.550. The van der Waals surface area contributed by atoms with Crippen molar-refractivity contribution in [1.29, 1.82) is 0 Å². The van der Waals surface area contributed by atoms with E-state index in [0.29, 0.717) is 13.0 Å². The molecular weight excluding hydrogens is 392 g/mol. The molecule has 0 aromatic heterocycles. The summed E-state index contributed by atoms with van der Waals surface area (Å²) in [5.41, 5.74) is -0.611. The molecule has 0 heterocycles. The topological polar surface area (TPSA) is 123 Å². The standard InChI is InChI=1S/C20H30N4O6/c1-19(2,3)29-17(25)21-16(22-18(26)30-20(4,5)6)23(7)13-12-14-8-10-15(11-9-14)24(27)28/h8-11H,12-13H2,1-7H3,(H,21,22,25,26). The molecule has 0 aliphatic carbocycles. The number of nitrogens with zero attached hydrogens (tertiary/aromatic N) is 3. The molecule has 0 atom stereocenters. The van der Waals surface area contributed by atoms with E-state index in [9.17, 15) is 19.7 Å². The second-order valence-corrected chi connectivity index (χ2v) is 8.64. The second-order valence-electron chi connectivity index (χ2n) is 8.64. The van der Waals surface area contributed by atoms with Crippen LogP contribution >= 0.6 is 0 Å². The average Bonchev–Trinajstić information content (AvgIpc) is 2.56. The van der Waals surface area contributed by atoms with Crippen molar-refractivity contribution in [3.63, 3.8) is 0 Å². The van der Waals surface area contributed by atoms with E-state index < -0.39 is 28.3 Å². The predicted octanol–water partition coefficient (Wildman–Crippen LogP) is 3.88. The Kier molecular flexibility index (Phi) is 8.32. The van der Waals surface area contributed by atoms with Crippen LogP contribution in [0.5, 0.6) is 0 Å². The van der Waals surface area contributed by atoms with Crippen molar-refractivity contribution in [3.05, 3.63) is 39.9 Å². The molecule has 0 spiro atoms. The Hall–Kier alpha value is -3.17. The highest BCUT2D eigenvalue weighted by molar-refractivity contribution is 5.98. The van der Waals surface area contributed by atoms with E-state index in [4.69, 9.17) is 9.47 Å². The molecule has 0 saturated carbocycles. The molecule has 10 nitrogen and oxygen atoms in total. The predicted molar refractivity (Wildman–Crippen MR) is 112 cm³/mol. The zero-order chi connectivity index (χ0) is 23.1. The van der Waals surface area contributed by atoms with Gasteiger partial charge < -0.3 is 14.4 Å². The van der Waals surface area contributed by atoms with Gasteiger partial charge >= 0.3 is 12.2 Å². The third-order valence-corrected chi connectivity index (χ3v) is 3.45. The summed E-state index contributed by atoms with van der Waals surface area (Å²) in [7, 11) is 1.64. The van der Waals surface area contributed by atoms with Crippen LogP contribution in [0.15, 0.2) is 29.3 Å². The Balaban J connectivity index is 2.91. The number of ether oxygens (including phenoxy) is 2. The number of nitro groups is 1. The maximum atomic E-state index is 12.2. The number of hydrogen-bond acceptors (Lipinski definition) is 6. The Labute approximate surface area is 176 Å². The SMILES string of the molecule is CN(CCc1ccc([N+](=O)[O-])cc1)/C(=N/C(=O)OC(C)(C)C)NC(=O)OC(C)(C)C. The fourth-order valence-corrected chi connectivity index (χ4v) is 2.16. The summed E-state index contributed by atoms with van der Waals surface area (Å²) >= 11 is 0. The fourth-order valence-electron chi connectivity index (χ4n) is 2.16. The van der Waals surface area contributed by atoms with Gasteiger partial charge in [-0.25, -0.2) is 9.59 Å². The smallest absolute Gasteiger partial charge is 0.437 e. The monoisotopic (exact) mass is 422 g/mol. The van der Waals surface area contributed by atoms with Crippen LogP contribution in [0.1, 0.15) is 47.1 Å².